The van der Waals surface area contributed by atoms with Crippen LogP contribution in [0.1, 0.15) is 149 Å². The summed E-state index contributed by atoms with van der Waals surface area (Å²) < 4.78 is 32.8. The highest BCUT2D eigenvalue weighted by atomic mass is 32.2. The first-order valence-corrected chi connectivity index (χ1v) is 24.9. The first-order chi connectivity index (χ1) is 29.2. The van der Waals surface area contributed by atoms with Gasteiger partial charge in [-0.15, -0.1) is 11.8 Å². The van der Waals surface area contributed by atoms with E-state index in [4.69, 9.17) is 29.9 Å². The van der Waals surface area contributed by atoms with Crippen LogP contribution in [-0.4, -0.2) is 105 Å². The molecule has 61 heavy (non-hydrogen) atoms. The van der Waals surface area contributed by atoms with E-state index in [-0.39, 0.29) is 31.4 Å². The van der Waals surface area contributed by atoms with E-state index in [0.717, 1.165) is 44.4 Å². The van der Waals surface area contributed by atoms with Crippen LogP contribution in [0.3, 0.4) is 0 Å². The zero-order chi connectivity index (χ0) is 45.6. The van der Waals surface area contributed by atoms with Crippen molar-refractivity contribution in [1.82, 2.24) is 0 Å². The number of phosphoric ester groups is 1. The average molecular weight is 906 g/mol. The van der Waals surface area contributed by atoms with E-state index in [9.17, 15) is 34.1 Å². The SMILES string of the molecule is CCCCC/C=C\C\C=C/C=C/C=C/[C@@H](SC[C@H](N)C(=O)O[C@H](COC(=O)CCCCCCCCCCCCC(C)C)COP(=O)(O)OC[C@@H](O)CO)[C@@H](O)CCCC(=O)O. The summed E-state index contributed by atoms with van der Waals surface area (Å²) in [6.07, 6.45) is 29.9. The summed E-state index contributed by atoms with van der Waals surface area (Å²) in [7, 11) is -4.78. The number of aliphatic hydroxyl groups is 3. The molecule has 0 aliphatic carbocycles. The predicted octanol–water partition coefficient (Wildman–Crippen LogP) is 8.51. The second-order valence-electron chi connectivity index (χ2n) is 15.8. The number of allylic oxidation sites excluding steroid dienone is 7. The standard InChI is InChI=1S/C45H80NO13PS/c1-4-5-6-7-8-9-10-11-15-18-21-24-29-42(41(49)28-26-30-43(50)51)61-36-40(46)45(53)59-39(35-58-60(54,55)57-33-38(48)32-47)34-56-44(52)31-25-22-19-16-13-12-14-17-20-23-27-37(2)3/h8-9,11,15,18,21,24,29,37-42,47-49H,4-7,10,12-14,16-17,19-20,22-23,25-28,30-36,46H2,1-3H3,(H,50,51)(H,54,55)/b9-8-,15-11-,21-18+,29-24+/t38-,39+,40-,41-,42+/m0/s1. The Morgan fingerprint density at radius 1 is 0.754 bits per heavy atom. The Balaban J connectivity index is 5.26. The van der Waals surface area contributed by atoms with Crippen LogP contribution < -0.4 is 5.73 Å². The Morgan fingerprint density at radius 2 is 1.39 bits per heavy atom. The number of carbonyl (C=O) groups is 3. The number of aliphatic hydroxyl groups excluding tert-OH is 3. The molecule has 14 nitrogen and oxygen atoms in total. The van der Waals surface area contributed by atoms with Crippen LogP contribution in [0.2, 0.25) is 0 Å². The molecule has 354 valence electrons. The molecule has 7 N–H and O–H groups in total. The number of rotatable bonds is 41. The van der Waals surface area contributed by atoms with E-state index in [2.05, 4.69) is 37.4 Å². The van der Waals surface area contributed by atoms with Crippen molar-refractivity contribution in [2.24, 2.45) is 11.7 Å². The molecule has 0 fully saturated rings. The molecule has 0 heterocycles. The molecule has 0 aliphatic heterocycles. The second kappa shape index (κ2) is 39.3. The highest BCUT2D eigenvalue weighted by molar-refractivity contribution is 8.00. The van der Waals surface area contributed by atoms with E-state index >= 15 is 0 Å². The van der Waals surface area contributed by atoms with Crippen LogP contribution in [0.25, 0.3) is 0 Å². The molecule has 0 rings (SSSR count). The second-order valence-corrected chi connectivity index (χ2v) is 18.4. The largest absolute Gasteiger partial charge is 0.481 e. The third kappa shape index (κ3) is 37.9. The maximum Gasteiger partial charge on any atom is 0.472 e. The number of thioether (sulfide) groups is 1. The van der Waals surface area contributed by atoms with Crippen molar-refractivity contribution < 1.29 is 62.8 Å². The summed E-state index contributed by atoms with van der Waals surface area (Å²) in [4.78, 5) is 46.8. The first kappa shape index (κ1) is 58.7. The highest BCUT2D eigenvalue weighted by Gasteiger charge is 2.29. The minimum absolute atomic E-state index is 0.0235. The third-order valence-corrected chi connectivity index (χ3v) is 11.8. The number of carboxylic acid groups (broad SMARTS) is 1. The van der Waals surface area contributed by atoms with Gasteiger partial charge in [-0.2, -0.15) is 0 Å². The van der Waals surface area contributed by atoms with Crippen LogP contribution in [0.15, 0.2) is 48.6 Å². The van der Waals surface area contributed by atoms with Gasteiger partial charge in [0.05, 0.1) is 25.9 Å². The molecule has 0 spiro atoms. The van der Waals surface area contributed by atoms with Gasteiger partial charge in [0.1, 0.15) is 18.8 Å². The summed E-state index contributed by atoms with van der Waals surface area (Å²) in [5.74, 6) is -1.70. The minimum Gasteiger partial charge on any atom is -0.481 e. The lowest BCUT2D eigenvalue weighted by Gasteiger charge is -2.23. The number of carboxylic acids is 1. The van der Waals surface area contributed by atoms with Gasteiger partial charge in [0.25, 0.3) is 0 Å². The number of hydrogen-bond acceptors (Lipinski definition) is 13. The molecular weight excluding hydrogens is 826 g/mol. The van der Waals surface area contributed by atoms with Gasteiger partial charge in [-0.25, -0.2) is 4.57 Å². The van der Waals surface area contributed by atoms with Crippen molar-refractivity contribution in [1.29, 1.82) is 0 Å². The molecular formula is C45H80NO13PS. The summed E-state index contributed by atoms with van der Waals surface area (Å²) in [6, 6.07) is -1.24. The van der Waals surface area contributed by atoms with Gasteiger partial charge >= 0.3 is 25.7 Å². The molecule has 0 bridgehead atoms. The van der Waals surface area contributed by atoms with Gasteiger partial charge in [-0.05, 0) is 44.4 Å². The zero-order valence-corrected chi connectivity index (χ0v) is 38.9. The monoisotopic (exact) mass is 906 g/mol. The van der Waals surface area contributed by atoms with E-state index in [1.807, 2.05) is 18.2 Å². The summed E-state index contributed by atoms with van der Waals surface area (Å²) >= 11 is 1.17. The van der Waals surface area contributed by atoms with Gasteiger partial charge in [0, 0.05) is 23.8 Å². The van der Waals surface area contributed by atoms with Crippen molar-refractivity contribution >= 4 is 37.5 Å². The molecule has 0 aliphatic rings. The normalized spacial score (nSPS) is 15.8. The van der Waals surface area contributed by atoms with Crippen LogP contribution >= 0.6 is 19.6 Å². The minimum atomic E-state index is -4.78. The fourth-order valence-corrected chi connectivity index (χ4v) is 7.69. The van der Waals surface area contributed by atoms with Crippen LogP contribution in [0.5, 0.6) is 0 Å². The molecule has 6 atom stereocenters. The Labute approximate surface area is 370 Å². The molecule has 1 unspecified atom stereocenters. The maximum atomic E-state index is 13.1. The zero-order valence-electron chi connectivity index (χ0n) is 37.2. The van der Waals surface area contributed by atoms with Crippen molar-refractivity contribution in [2.75, 3.05) is 32.2 Å². The molecule has 0 aromatic heterocycles. The Bertz CT molecular complexity index is 1290. The number of ether oxygens (including phenoxy) is 2. The van der Waals surface area contributed by atoms with Gasteiger partial charge in [-0.1, -0.05) is 146 Å². The van der Waals surface area contributed by atoms with E-state index < -0.39 is 81.8 Å². The number of phosphoric acid groups is 1. The fourth-order valence-electron chi connectivity index (χ4n) is 5.78. The van der Waals surface area contributed by atoms with E-state index in [1.54, 1.807) is 18.2 Å². The van der Waals surface area contributed by atoms with Gasteiger partial charge in [0.15, 0.2) is 6.10 Å². The molecule has 0 aromatic carbocycles. The molecule has 0 amide bonds. The number of nitrogens with two attached hydrogens (primary N) is 1. The fraction of sp³-hybridized carbons (Fsp3) is 0.756. The summed E-state index contributed by atoms with van der Waals surface area (Å²) in [5.41, 5.74) is 6.18. The molecule has 0 saturated carbocycles. The van der Waals surface area contributed by atoms with E-state index in [1.165, 1.54) is 69.5 Å². The number of hydrogen-bond donors (Lipinski definition) is 6. The lowest BCUT2D eigenvalue weighted by Crippen LogP contribution is -2.40. The van der Waals surface area contributed by atoms with E-state index in [0.29, 0.717) is 6.42 Å². The molecule has 16 heteroatoms. The molecule has 0 saturated heterocycles. The Hall–Kier alpha value is -2.33. The smallest absolute Gasteiger partial charge is 0.472 e. The van der Waals surface area contributed by atoms with Gasteiger partial charge < -0.3 is 40.5 Å². The first-order valence-electron chi connectivity index (χ1n) is 22.4. The summed E-state index contributed by atoms with van der Waals surface area (Å²) in [5, 5.41) is 37.9. The Morgan fingerprint density at radius 3 is 2.03 bits per heavy atom. The highest BCUT2D eigenvalue weighted by Crippen LogP contribution is 2.43. The number of aliphatic carboxylic acids is 1. The third-order valence-electron chi connectivity index (χ3n) is 9.41. The predicted molar refractivity (Wildman–Crippen MR) is 243 cm³/mol. The van der Waals surface area contributed by atoms with Gasteiger partial charge in [-0.3, -0.25) is 23.4 Å². The van der Waals surface area contributed by atoms with Crippen molar-refractivity contribution in [3.8, 4) is 0 Å². The quantitative estimate of drug-likeness (QED) is 0.0111. The molecule has 0 aromatic rings. The molecule has 0 radical (unpaired) electrons. The van der Waals surface area contributed by atoms with Crippen LogP contribution in [0, 0.1) is 5.92 Å². The Kier molecular flexibility index (Phi) is 37.8. The lowest BCUT2D eigenvalue weighted by atomic mass is 10.0. The number of esters is 2. The lowest BCUT2D eigenvalue weighted by molar-refractivity contribution is -0.161. The van der Waals surface area contributed by atoms with Crippen molar-refractivity contribution in [2.45, 2.75) is 179 Å². The number of carbonyl (C=O) groups excluding carboxylic acids is 2. The number of unbranched alkanes of at least 4 members (excludes halogenated alkanes) is 12. The van der Waals surface area contributed by atoms with Gasteiger partial charge in [0.2, 0.25) is 0 Å². The van der Waals surface area contributed by atoms with Crippen molar-refractivity contribution in [3.05, 3.63) is 48.6 Å². The van der Waals surface area contributed by atoms with Crippen LogP contribution in [-0.2, 0) is 37.5 Å². The van der Waals surface area contributed by atoms with Crippen LogP contribution in [0.4, 0.5) is 0 Å². The average Bonchev–Trinajstić information content (AvgIpc) is 3.22. The summed E-state index contributed by atoms with van der Waals surface area (Å²) in [6.45, 7) is 4.05. The maximum absolute atomic E-state index is 13.1. The van der Waals surface area contributed by atoms with Crippen molar-refractivity contribution in [3.63, 3.8) is 0 Å². The topological polar surface area (TPSA) is 232 Å².